The molecule has 2 fully saturated rings. The average Bonchev–Trinajstić information content (AvgIpc) is 3.84. The number of nitrogens with zero attached hydrogens (tertiary/aromatic N) is 6. The van der Waals surface area contributed by atoms with Crippen LogP contribution in [0.3, 0.4) is 0 Å². The van der Waals surface area contributed by atoms with Crippen LogP contribution in [0.2, 0.25) is 5.02 Å². The van der Waals surface area contributed by atoms with E-state index >= 15 is 8.78 Å². The lowest BCUT2D eigenvalue weighted by Crippen LogP contribution is -2.54. The first-order valence-corrected chi connectivity index (χ1v) is 15.8. The number of carbonyl (C=O) groups excluding carboxylic acids is 1. The van der Waals surface area contributed by atoms with E-state index in [9.17, 15) is 18.0 Å². The molecular formula is C30H27ClF2N6O4S. The lowest BCUT2D eigenvalue weighted by molar-refractivity contribution is -0.126. The molecule has 1 aliphatic carbocycles. The molecule has 3 aromatic heterocycles. The Bertz CT molecular complexity index is 2010. The molecule has 1 aliphatic heterocycles. The fourth-order valence-electron chi connectivity index (χ4n) is 5.57. The summed E-state index contributed by atoms with van der Waals surface area (Å²) >= 11 is 6.29. The molecule has 4 aromatic rings. The van der Waals surface area contributed by atoms with E-state index in [0.717, 1.165) is 16.7 Å². The maximum atomic E-state index is 15.9. The van der Waals surface area contributed by atoms with Gasteiger partial charge < -0.3 is 9.80 Å². The fourth-order valence-corrected chi connectivity index (χ4v) is 7.62. The van der Waals surface area contributed by atoms with Gasteiger partial charge in [-0.15, -0.1) is 0 Å². The molecule has 1 saturated heterocycles. The van der Waals surface area contributed by atoms with Crippen molar-refractivity contribution in [1.29, 1.82) is 0 Å². The number of hydrogen-bond donors (Lipinski definition) is 0. The summed E-state index contributed by atoms with van der Waals surface area (Å²) in [7, 11) is -3.93. The Hall–Kier alpha value is -4.23. The predicted octanol–water partition coefficient (Wildman–Crippen LogP) is 4.24. The molecule has 0 radical (unpaired) electrons. The summed E-state index contributed by atoms with van der Waals surface area (Å²) in [5.41, 5.74) is -1.50. The monoisotopic (exact) mass is 640 g/mol. The number of aromatic nitrogens is 4. The second-order valence-corrected chi connectivity index (χ2v) is 13.4. The molecule has 2 aliphatic rings. The summed E-state index contributed by atoms with van der Waals surface area (Å²) in [5, 5.41) is -0.991. The molecule has 6 rings (SSSR count). The van der Waals surface area contributed by atoms with Gasteiger partial charge in [-0.05, 0) is 62.6 Å². The van der Waals surface area contributed by atoms with Gasteiger partial charge in [-0.3, -0.25) is 4.79 Å². The summed E-state index contributed by atoms with van der Waals surface area (Å²) in [4.78, 5) is 42.6. The van der Waals surface area contributed by atoms with Gasteiger partial charge in [-0.1, -0.05) is 24.2 Å². The second kappa shape index (κ2) is 11.0. The van der Waals surface area contributed by atoms with Crippen molar-refractivity contribution in [2.24, 2.45) is 0 Å². The standard InChI is InChI=1S/C30H27ClF2N6O4S/c1-4-23(40)37-12-13-38(17(3)15-37)27-19-14-22(33)25(24-20(31)6-5-7-21(24)32)35-28(19)39(30(41)36-27)26-16(2)10-11-34-29(26)44(42,43)18-8-9-18/h4-7,10-11,14,17-18H,1,8-9,12-13,15H2,2-3H3/t17-/m0/s1. The first-order valence-electron chi connectivity index (χ1n) is 13.9. The number of sulfone groups is 1. The predicted molar refractivity (Wildman–Crippen MR) is 162 cm³/mol. The largest absolute Gasteiger partial charge is 0.355 e. The molecule has 0 spiro atoms. The molecule has 1 atom stereocenters. The van der Waals surface area contributed by atoms with Gasteiger partial charge in [0.1, 0.15) is 17.3 Å². The molecule has 14 heteroatoms. The zero-order valence-electron chi connectivity index (χ0n) is 23.8. The van der Waals surface area contributed by atoms with Gasteiger partial charge in [0.2, 0.25) is 15.7 Å². The van der Waals surface area contributed by atoms with E-state index in [1.807, 2.05) is 6.92 Å². The minimum atomic E-state index is -3.93. The molecular weight excluding hydrogens is 614 g/mol. The van der Waals surface area contributed by atoms with Crippen molar-refractivity contribution < 1.29 is 22.0 Å². The highest BCUT2D eigenvalue weighted by atomic mass is 35.5. The first-order chi connectivity index (χ1) is 20.9. The number of carbonyl (C=O) groups is 1. The van der Waals surface area contributed by atoms with Crippen LogP contribution in [0.5, 0.6) is 0 Å². The minimum Gasteiger partial charge on any atom is -0.350 e. The van der Waals surface area contributed by atoms with Gasteiger partial charge in [-0.2, -0.15) is 4.98 Å². The quantitative estimate of drug-likeness (QED) is 0.287. The van der Waals surface area contributed by atoms with Crippen molar-refractivity contribution in [3.05, 3.63) is 81.9 Å². The topological polar surface area (TPSA) is 118 Å². The number of piperazine rings is 1. The van der Waals surface area contributed by atoms with Gasteiger partial charge in [0.05, 0.1) is 26.9 Å². The van der Waals surface area contributed by atoms with E-state index < -0.39 is 38.1 Å². The number of benzene rings is 1. The number of fused-ring (bicyclic) bond motifs is 1. The molecule has 0 N–H and O–H groups in total. The zero-order chi connectivity index (χ0) is 31.5. The van der Waals surface area contributed by atoms with Gasteiger partial charge in [0, 0.05) is 31.9 Å². The molecule has 1 aromatic carbocycles. The highest BCUT2D eigenvalue weighted by Crippen LogP contribution is 2.38. The van der Waals surface area contributed by atoms with Gasteiger partial charge in [-0.25, -0.2) is 36.5 Å². The summed E-state index contributed by atoms with van der Waals surface area (Å²) in [5.74, 6) is -1.93. The van der Waals surface area contributed by atoms with Crippen LogP contribution in [-0.4, -0.2) is 69.7 Å². The third-order valence-electron chi connectivity index (χ3n) is 7.94. The molecule has 0 unspecified atom stereocenters. The molecule has 1 amide bonds. The normalized spacial score (nSPS) is 17.2. The van der Waals surface area contributed by atoms with Crippen molar-refractivity contribution in [2.45, 2.75) is 43.0 Å². The molecule has 4 heterocycles. The highest BCUT2D eigenvalue weighted by Gasteiger charge is 2.40. The van der Waals surface area contributed by atoms with Crippen LogP contribution in [0.1, 0.15) is 25.3 Å². The van der Waals surface area contributed by atoms with E-state index in [0.29, 0.717) is 18.4 Å². The SMILES string of the molecule is C=CC(=O)N1CCN(c2nc(=O)n(-c3c(C)ccnc3S(=O)(=O)C3CC3)c3nc(-c4c(F)cccc4Cl)c(F)cc23)[C@@H](C)C1. The van der Waals surface area contributed by atoms with Crippen molar-refractivity contribution >= 4 is 44.2 Å². The maximum absolute atomic E-state index is 15.9. The first kappa shape index (κ1) is 29.8. The van der Waals surface area contributed by atoms with Gasteiger partial charge in [0.25, 0.3) is 0 Å². The van der Waals surface area contributed by atoms with Crippen LogP contribution in [0.25, 0.3) is 28.0 Å². The molecule has 10 nitrogen and oxygen atoms in total. The second-order valence-electron chi connectivity index (χ2n) is 10.9. The molecule has 0 bridgehead atoms. The number of rotatable bonds is 6. The Balaban J connectivity index is 1.66. The Kier molecular flexibility index (Phi) is 7.49. The average molecular weight is 641 g/mol. The maximum Gasteiger partial charge on any atom is 0.355 e. The Morgan fingerprint density at radius 1 is 1.14 bits per heavy atom. The van der Waals surface area contributed by atoms with Crippen LogP contribution in [0.15, 0.2) is 59.0 Å². The Morgan fingerprint density at radius 2 is 1.89 bits per heavy atom. The van der Waals surface area contributed by atoms with Crippen molar-refractivity contribution in [2.75, 3.05) is 24.5 Å². The molecule has 44 heavy (non-hydrogen) atoms. The fraction of sp³-hybridized carbons (Fsp3) is 0.300. The van der Waals surface area contributed by atoms with Crippen LogP contribution in [-0.2, 0) is 14.6 Å². The van der Waals surface area contributed by atoms with Crippen LogP contribution in [0, 0.1) is 18.6 Å². The molecule has 1 saturated carbocycles. The van der Waals surface area contributed by atoms with Crippen LogP contribution < -0.4 is 10.6 Å². The number of amides is 1. The van der Waals surface area contributed by atoms with Gasteiger partial charge in [0.15, 0.2) is 16.5 Å². The van der Waals surface area contributed by atoms with E-state index in [1.165, 1.54) is 24.4 Å². The Labute approximate surface area is 256 Å². The summed E-state index contributed by atoms with van der Waals surface area (Å²) in [6, 6.07) is 6.14. The van der Waals surface area contributed by atoms with E-state index in [2.05, 4.69) is 21.5 Å². The number of aryl methyl sites for hydroxylation is 1. The van der Waals surface area contributed by atoms with Crippen LogP contribution >= 0.6 is 11.6 Å². The van der Waals surface area contributed by atoms with Crippen molar-refractivity contribution in [3.63, 3.8) is 0 Å². The summed E-state index contributed by atoms with van der Waals surface area (Å²) in [6.45, 7) is 7.79. The van der Waals surface area contributed by atoms with Crippen molar-refractivity contribution in [1.82, 2.24) is 24.4 Å². The zero-order valence-corrected chi connectivity index (χ0v) is 25.4. The van der Waals surface area contributed by atoms with Gasteiger partial charge >= 0.3 is 5.69 Å². The number of hydrogen-bond acceptors (Lipinski definition) is 8. The highest BCUT2D eigenvalue weighted by molar-refractivity contribution is 7.92. The number of halogens is 3. The smallest absolute Gasteiger partial charge is 0.350 e. The summed E-state index contributed by atoms with van der Waals surface area (Å²) in [6.07, 6.45) is 3.48. The van der Waals surface area contributed by atoms with Crippen LogP contribution in [0.4, 0.5) is 14.6 Å². The molecule has 228 valence electrons. The van der Waals surface area contributed by atoms with E-state index in [1.54, 1.807) is 22.8 Å². The third-order valence-corrected chi connectivity index (χ3v) is 10.4. The van der Waals surface area contributed by atoms with Crippen molar-refractivity contribution in [3.8, 4) is 16.9 Å². The lowest BCUT2D eigenvalue weighted by atomic mass is 10.1. The van der Waals surface area contributed by atoms with E-state index in [4.69, 9.17) is 11.6 Å². The lowest BCUT2D eigenvalue weighted by Gasteiger charge is -2.40. The summed E-state index contributed by atoms with van der Waals surface area (Å²) < 4.78 is 59.0. The Morgan fingerprint density at radius 3 is 2.55 bits per heavy atom. The minimum absolute atomic E-state index is 0.0624. The third kappa shape index (κ3) is 4.93. The van der Waals surface area contributed by atoms with E-state index in [-0.39, 0.29) is 69.7 Å². The number of anilines is 1. The number of pyridine rings is 2.